The van der Waals surface area contributed by atoms with Crippen molar-refractivity contribution >= 4 is 15.8 Å². The largest absolute Gasteiger partial charge is 0.496 e. The molecule has 0 aliphatic rings. The number of nitrogens with zero attached hydrogens (tertiary/aromatic N) is 1. The molecule has 1 rings (SSSR count). The van der Waals surface area contributed by atoms with Gasteiger partial charge in [-0.15, -0.1) is 0 Å². The molecule has 1 aromatic heterocycles. The minimum absolute atomic E-state index is 0.275. The van der Waals surface area contributed by atoms with E-state index in [1.807, 2.05) is 6.92 Å². The Morgan fingerprint density at radius 2 is 2.05 bits per heavy atom. The molecule has 0 saturated carbocycles. The Balaban J connectivity index is 2.97. The van der Waals surface area contributed by atoms with Crippen molar-refractivity contribution < 1.29 is 23.1 Å². The SMILES string of the molecule is COc1c(C)cnc(CS(=O)(=O)CCC(=O)O)c1C. The number of methoxy groups -OCH3 is 1. The summed E-state index contributed by atoms with van der Waals surface area (Å²) in [7, 11) is -1.98. The number of aliphatic carboxylic acids is 1. The number of aromatic nitrogens is 1. The second-order valence-electron chi connectivity index (χ2n) is 4.28. The Bertz CT molecular complexity index is 580. The van der Waals surface area contributed by atoms with Crippen LogP contribution in [0.2, 0.25) is 0 Å². The van der Waals surface area contributed by atoms with Gasteiger partial charge in [-0.1, -0.05) is 0 Å². The number of carbonyl (C=O) groups is 1. The molecule has 1 N–H and O–H groups in total. The molecule has 1 aromatic rings. The molecule has 6 nitrogen and oxygen atoms in total. The van der Waals surface area contributed by atoms with Crippen LogP contribution in [0.15, 0.2) is 6.20 Å². The fourth-order valence-electron chi connectivity index (χ4n) is 1.74. The molecule has 0 aromatic carbocycles. The van der Waals surface area contributed by atoms with Crippen molar-refractivity contribution in [2.24, 2.45) is 0 Å². The lowest BCUT2D eigenvalue weighted by Gasteiger charge is -2.12. The number of hydrogen-bond donors (Lipinski definition) is 1. The van der Waals surface area contributed by atoms with E-state index >= 15 is 0 Å². The molecule has 0 amide bonds. The summed E-state index contributed by atoms with van der Waals surface area (Å²) in [5.74, 6) is -1.18. The summed E-state index contributed by atoms with van der Waals surface area (Å²) in [6.07, 6.45) is 1.15. The van der Waals surface area contributed by atoms with E-state index in [4.69, 9.17) is 9.84 Å². The van der Waals surface area contributed by atoms with Crippen LogP contribution < -0.4 is 4.74 Å². The Labute approximate surface area is 112 Å². The van der Waals surface area contributed by atoms with Gasteiger partial charge in [-0.2, -0.15) is 0 Å². The number of carboxylic acid groups (broad SMARTS) is 1. The predicted octanol–water partition coefficient (Wildman–Crippen LogP) is 1.10. The van der Waals surface area contributed by atoms with Crippen molar-refractivity contribution in [3.8, 4) is 5.75 Å². The minimum atomic E-state index is -3.49. The summed E-state index contributed by atoms with van der Waals surface area (Å²) in [6, 6.07) is 0. The lowest BCUT2D eigenvalue weighted by molar-refractivity contribution is -0.136. The monoisotopic (exact) mass is 287 g/mol. The molecule has 0 fully saturated rings. The maximum Gasteiger partial charge on any atom is 0.304 e. The Hall–Kier alpha value is -1.63. The van der Waals surface area contributed by atoms with Crippen LogP contribution in [0, 0.1) is 13.8 Å². The standard InChI is InChI=1S/C12H17NO5S/c1-8-6-13-10(9(2)12(8)18-3)7-19(16,17)5-4-11(14)15/h6H,4-5,7H2,1-3H3,(H,14,15). The second kappa shape index (κ2) is 6.01. The van der Waals surface area contributed by atoms with E-state index in [0.717, 1.165) is 5.56 Å². The maximum absolute atomic E-state index is 11.8. The average molecular weight is 287 g/mol. The molecule has 7 heteroatoms. The molecule has 0 unspecified atom stereocenters. The number of sulfone groups is 1. The van der Waals surface area contributed by atoms with Crippen molar-refractivity contribution in [3.05, 3.63) is 23.0 Å². The van der Waals surface area contributed by atoms with Crippen molar-refractivity contribution in [2.75, 3.05) is 12.9 Å². The van der Waals surface area contributed by atoms with E-state index in [9.17, 15) is 13.2 Å². The molecule has 0 bridgehead atoms. The maximum atomic E-state index is 11.8. The highest BCUT2D eigenvalue weighted by molar-refractivity contribution is 7.90. The molecule has 106 valence electrons. The zero-order valence-electron chi connectivity index (χ0n) is 11.1. The topological polar surface area (TPSA) is 93.6 Å². The summed E-state index contributed by atoms with van der Waals surface area (Å²) < 4.78 is 28.8. The van der Waals surface area contributed by atoms with Crippen LogP contribution in [0.25, 0.3) is 0 Å². The Kier molecular flexibility index (Phi) is 4.88. The van der Waals surface area contributed by atoms with E-state index in [2.05, 4.69) is 4.98 Å². The molecular weight excluding hydrogens is 270 g/mol. The molecule has 1 heterocycles. The van der Waals surface area contributed by atoms with E-state index in [0.29, 0.717) is 17.0 Å². The lowest BCUT2D eigenvalue weighted by atomic mass is 10.1. The van der Waals surface area contributed by atoms with Crippen LogP contribution in [0.5, 0.6) is 5.75 Å². The first-order valence-electron chi connectivity index (χ1n) is 5.68. The van der Waals surface area contributed by atoms with Crippen LogP contribution >= 0.6 is 0 Å². The van der Waals surface area contributed by atoms with Crippen LogP contribution in [0.4, 0.5) is 0 Å². The van der Waals surface area contributed by atoms with Gasteiger partial charge >= 0.3 is 5.97 Å². The second-order valence-corrected chi connectivity index (χ2v) is 6.47. The number of aryl methyl sites for hydroxylation is 1. The van der Waals surface area contributed by atoms with Gasteiger partial charge in [0, 0.05) is 17.3 Å². The third-order valence-electron chi connectivity index (χ3n) is 2.73. The van der Waals surface area contributed by atoms with E-state index < -0.39 is 22.2 Å². The summed E-state index contributed by atoms with van der Waals surface area (Å²) >= 11 is 0. The quantitative estimate of drug-likeness (QED) is 0.842. The predicted molar refractivity (Wildman–Crippen MR) is 70.0 cm³/mol. The van der Waals surface area contributed by atoms with Gasteiger partial charge in [0.2, 0.25) is 0 Å². The van der Waals surface area contributed by atoms with E-state index in [1.165, 1.54) is 7.11 Å². The first-order valence-corrected chi connectivity index (χ1v) is 7.50. The third kappa shape index (κ3) is 4.20. The minimum Gasteiger partial charge on any atom is -0.496 e. The van der Waals surface area contributed by atoms with Gasteiger partial charge < -0.3 is 9.84 Å². The van der Waals surface area contributed by atoms with Crippen LogP contribution in [0.3, 0.4) is 0 Å². The van der Waals surface area contributed by atoms with Gasteiger partial charge in [0.05, 0.1) is 30.7 Å². The van der Waals surface area contributed by atoms with Crippen LogP contribution in [-0.2, 0) is 20.4 Å². The van der Waals surface area contributed by atoms with E-state index in [1.54, 1.807) is 13.1 Å². The first-order chi connectivity index (χ1) is 8.76. The molecule has 0 saturated heterocycles. The highest BCUT2D eigenvalue weighted by atomic mass is 32.2. The average Bonchev–Trinajstić information content (AvgIpc) is 2.31. The third-order valence-corrected chi connectivity index (χ3v) is 4.27. The van der Waals surface area contributed by atoms with Gasteiger partial charge in [-0.05, 0) is 13.8 Å². The van der Waals surface area contributed by atoms with Crippen molar-refractivity contribution in [1.29, 1.82) is 0 Å². The van der Waals surface area contributed by atoms with Crippen molar-refractivity contribution in [3.63, 3.8) is 0 Å². The van der Waals surface area contributed by atoms with Crippen molar-refractivity contribution in [2.45, 2.75) is 26.0 Å². The summed E-state index contributed by atoms with van der Waals surface area (Å²) in [4.78, 5) is 14.5. The summed E-state index contributed by atoms with van der Waals surface area (Å²) in [5, 5.41) is 8.52. The molecule has 0 spiro atoms. The molecule has 19 heavy (non-hydrogen) atoms. The highest BCUT2D eigenvalue weighted by Crippen LogP contribution is 2.25. The fourth-order valence-corrected chi connectivity index (χ4v) is 3.08. The molecular formula is C12H17NO5S. The Morgan fingerprint density at radius 1 is 1.42 bits per heavy atom. The zero-order valence-corrected chi connectivity index (χ0v) is 12.0. The van der Waals surface area contributed by atoms with Crippen LogP contribution in [-0.4, -0.2) is 37.3 Å². The highest BCUT2D eigenvalue weighted by Gasteiger charge is 2.18. The molecule has 0 aliphatic heterocycles. The van der Waals surface area contributed by atoms with Gasteiger partial charge in [-0.25, -0.2) is 8.42 Å². The normalized spacial score (nSPS) is 11.3. The van der Waals surface area contributed by atoms with Crippen molar-refractivity contribution in [1.82, 2.24) is 4.98 Å². The molecule has 0 atom stereocenters. The number of carboxylic acids is 1. The van der Waals surface area contributed by atoms with Gasteiger partial charge in [-0.3, -0.25) is 9.78 Å². The number of rotatable bonds is 6. The smallest absolute Gasteiger partial charge is 0.304 e. The lowest BCUT2D eigenvalue weighted by Crippen LogP contribution is -2.14. The number of pyridine rings is 1. The summed E-state index contributed by atoms with van der Waals surface area (Å²) in [5.41, 5.74) is 1.89. The van der Waals surface area contributed by atoms with E-state index in [-0.39, 0.29) is 11.5 Å². The molecule has 0 aliphatic carbocycles. The zero-order chi connectivity index (χ0) is 14.6. The fraction of sp³-hybridized carbons (Fsp3) is 0.500. The molecule has 0 radical (unpaired) electrons. The number of ether oxygens (including phenoxy) is 1. The Morgan fingerprint density at radius 3 is 2.58 bits per heavy atom. The summed E-state index contributed by atoms with van der Waals surface area (Å²) in [6.45, 7) is 3.56. The first kappa shape index (κ1) is 15.4. The van der Waals surface area contributed by atoms with Gasteiger partial charge in [0.25, 0.3) is 0 Å². The van der Waals surface area contributed by atoms with Gasteiger partial charge in [0.15, 0.2) is 9.84 Å². The van der Waals surface area contributed by atoms with Crippen LogP contribution in [0.1, 0.15) is 23.2 Å². The number of hydrogen-bond acceptors (Lipinski definition) is 5. The van der Waals surface area contributed by atoms with Gasteiger partial charge in [0.1, 0.15) is 5.75 Å².